The van der Waals surface area contributed by atoms with Crippen molar-refractivity contribution in [2.75, 3.05) is 20.7 Å². The van der Waals surface area contributed by atoms with Crippen LogP contribution in [0.2, 0.25) is 0 Å². The van der Waals surface area contributed by atoms with E-state index in [0.717, 1.165) is 22.7 Å². The molecule has 0 fully saturated rings. The summed E-state index contributed by atoms with van der Waals surface area (Å²) in [5, 5.41) is 5.11. The maximum Gasteiger partial charge on any atom is 0.328 e. The molecule has 2 heterocycles. The fraction of sp³-hybridized carbons (Fsp3) is 0.696. The summed E-state index contributed by atoms with van der Waals surface area (Å²) in [5.74, 6) is 0.489. The van der Waals surface area contributed by atoms with Crippen molar-refractivity contribution in [2.24, 2.45) is 0 Å². The Kier molecular flexibility index (Phi) is 17.1. The molecule has 0 aromatic heterocycles. The molecule has 0 bridgehead atoms. The van der Waals surface area contributed by atoms with E-state index < -0.39 is 6.04 Å². The molecular weight excluding hydrogens is 366 g/mol. The van der Waals surface area contributed by atoms with Gasteiger partial charge < -0.3 is 19.8 Å². The molecule has 2 aliphatic rings. The summed E-state index contributed by atoms with van der Waals surface area (Å²) >= 11 is 0. The lowest BCUT2D eigenvalue weighted by Crippen LogP contribution is -2.40. The van der Waals surface area contributed by atoms with E-state index in [0.29, 0.717) is 6.54 Å². The van der Waals surface area contributed by atoms with Crippen molar-refractivity contribution in [3.05, 3.63) is 34.9 Å². The number of hydrazine groups is 1. The third kappa shape index (κ3) is 11.0. The number of likely N-dealkylation sites (N-methyl/N-ethyl adjacent to an activating group) is 1. The number of allylic oxidation sites excluding steroid dienone is 2. The highest BCUT2D eigenvalue weighted by Crippen LogP contribution is 2.25. The molecule has 2 N–H and O–H groups in total. The minimum Gasteiger partial charge on any atom is -0.476 e. The van der Waals surface area contributed by atoms with Crippen LogP contribution in [0.4, 0.5) is 0 Å². The van der Waals surface area contributed by atoms with Crippen molar-refractivity contribution in [1.82, 2.24) is 15.8 Å². The number of esters is 1. The zero-order chi connectivity index (χ0) is 23.0. The standard InChI is InChI=1S/C15H23N3O3.2C3H8.C2H6/c1-9(2)21-14-6-10(3)11(8-16-14)13-7-12(15(19)20-5)17-18(13)4;2*1-3-2;1-2/h6-7,9,12,16-17H,8H2,1-5H3;2*3H2,1-2H3;1-2H3. The Bertz CT molecular complexity index is 550. The number of carbonyl (C=O) groups is 1. The highest BCUT2D eigenvalue weighted by Gasteiger charge is 2.29. The lowest BCUT2D eigenvalue weighted by atomic mass is 10.0. The molecule has 170 valence electrons. The molecule has 1 atom stereocenters. The number of nitrogens with zero attached hydrogens (tertiary/aromatic N) is 1. The smallest absolute Gasteiger partial charge is 0.328 e. The van der Waals surface area contributed by atoms with Gasteiger partial charge in [-0.25, -0.2) is 10.2 Å². The molecule has 0 spiro atoms. The van der Waals surface area contributed by atoms with Crippen LogP contribution in [0.25, 0.3) is 0 Å². The van der Waals surface area contributed by atoms with Gasteiger partial charge in [0.25, 0.3) is 0 Å². The van der Waals surface area contributed by atoms with Gasteiger partial charge in [0.15, 0.2) is 5.88 Å². The maximum atomic E-state index is 11.6. The molecular formula is C23H45N3O3. The molecule has 0 saturated heterocycles. The lowest BCUT2D eigenvalue weighted by Gasteiger charge is -2.26. The number of hydrogen-bond acceptors (Lipinski definition) is 6. The summed E-state index contributed by atoms with van der Waals surface area (Å²) in [6.45, 7) is 19.2. The Hall–Kier alpha value is -1.95. The van der Waals surface area contributed by atoms with E-state index in [1.165, 1.54) is 20.0 Å². The molecule has 6 heteroatoms. The normalized spacial score (nSPS) is 17.4. The highest BCUT2D eigenvalue weighted by molar-refractivity contribution is 5.79. The van der Waals surface area contributed by atoms with Gasteiger partial charge in [-0.15, -0.1) is 0 Å². The Morgan fingerprint density at radius 1 is 1.21 bits per heavy atom. The highest BCUT2D eigenvalue weighted by atomic mass is 16.5. The van der Waals surface area contributed by atoms with Crippen LogP contribution in [0.5, 0.6) is 0 Å². The quantitative estimate of drug-likeness (QED) is 0.641. The molecule has 2 aliphatic heterocycles. The number of dihydropyridines is 1. The largest absolute Gasteiger partial charge is 0.476 e. The van der Waals surface area contributed by atoms with Crippen molar-refractivity contribution in [3.8, 4) is 0 Å². The first-order valence-electron chi connectivity index (χ1n) is 10.9. The molecule has 6 nitrogen and oxygen atoms in total. The summed E-state index contributed by atoms with van der Waals surface area (Å²) < 4.78 is 10.4. The number of nitrogens with one attached hydrogen (secondary N) is 2. The van der Waals surface area contributed by atoms with E-state index in [2.05, 4.69) is 38.4 Å². The van der Waals surface area contributed by atoms with Crippen LogP contribution in [-0.2, 0) is 14.3 Å². The van der Waals surface area contributed by atoms with Gasteiger partial charge in [0.1, 0.15) is 6.04 Å². The van der Waals surface area contributed by atoms with Gasteiger partial charge in [-0.2, -0.15) is 0 Å². The number of ether oxygens (including phenoxy) is 2. The molecule has 2 rings (SSSR count). The van der Waals surface area contributed by atoms with Gasteiger partial charge in [-0.1, -0.05) is 54.4 Å². The van der Waals surface area contributed by atoms with Crippen LogP contribution in [-0.4, -0.2) is 43.8 Å². The number of rotatable bonds is 4. The van der Waals surface area contributed by atoms with E-state index in [4.69, 9.17) is 9.47 Å². The predicted molar refractivity (Wildman–Crippen MR) is 123 cm³/mol. The number of carbonyl (C=O) groups excluding carboxylic acids is 1. The van der Waals surface area contributed by atoms with Gasteiger partial charge in [0.2, 0.25) is 0 Å². The zero-order valence-corrected chi connectivity index (χ0v) is 20.6. The van der Waals surface area contributed by atoms with Crippen LogP contribution in [0.3, 0.4) is 0 Å². The van der Waals surface area contributed by atoms with Crippen molar-refractivity contribution in [1.29, 1.82) is 0 Å². The first-order chi connectivity index (χ1) is 13.7. The van der Waals surface area contributed by atoms with E-state index >= 15 is 0 Å². The third-order valence-corrected chi connectivity index (χ3v) is 3.41. The number of hydrogen-bond donors (Lipinski definition) is 2. The van der Waals surface area contributed by atoms with Crippen LogP contribution in [0, 0.1) is 0 Å². The van der Waals surface area contributed by atoms with E-state index in [1.54, 1.807) is 0 Å². The Balaban J connectivity index is 0. The maximum absolute atomic E-state index is 11.6. The Morgan fingerprint density at radius 2 is 1.72 bits per heavy atom. The lowest BCUT2D eigenvalue weighted by molar-refractivity contribution is -0.142. The topological polar surface area (TPSA) is 62.8 Å². The molecule has 29 heavy (non-hydrogen) atoms. The summed E-state index contributed by atoms with van der Waals surface area (Å²) in [7, 11) is 3.28. The van der Waals surface area contributed by atoms with E-state index in [-0.39, 0.29) is 12.1 Å². The first-order valence-corrected chi connectivity index (χ1v) is 10.9. The zero-order valence-electron chi connectivity index (χ0n) is 20.6. The Labute approximate surface area is 179 Å². The van der Waals surface area contributed by atoms with Crippen molar-refractivity contribution in [2.45, 2.75) is 87.3 Å². The SMILES string of the molecule is CC.CCC.CCC.COC(=O)C1C=C(C2=C(C)C=C(OC(C)C)NC2)N(C)N1. The average molecular weight is 412 g/mol. The van der Waals surface area contributed by atoms with Gasteiger partial charge in [-0.05, 0) is 38.0 Å². The van der Waals surface area contributed by atoms with Gasteiger partial charge in [0, 0.05) is 19.7 Å². The van der Waals surface area contributed by atoms with E-state index in [9.17, 15) is 4.79 Å². The Morgan fingerprint density at radius 3 is 2.14 bits per heavy atom. The van der Waals surface area contributed by atoms with Crippen LogP contribution in [0.1, 0.15) is 75.2 Å². The predicted octanol–water partition coefficient (Wildman–Crippen LogP) is 4.91. The summed E-state index contributed by atoms with van der Waals surface area (Å²) in [6.07, 6.45) is 6.50. The van der Waals surface area contributed by atoms with Gasteiger partial charge >= 0.3 is 5.97 Å². The second-order valence-corrected chi connectivity index (χ2v) is 6.85. The monoisotopic (exact) mass is 411 g/mol. The fourth-order valence-electron chi connectivity index (χ4n) is 2.41. The van der Waals surface area contributed by atoms with Crippen LogP contribution in [0.15, 0.2) is 34.9 Å². The molecule has 0 amide bonds. The summed E-state index contributed by atoms with van der Waals surface area (Å²) in [4.78, 5) is 11.6. The molecule has 0 aliphatic carbocycles. The minimum absolute atomic E-state index is 0.136. The average Bonchev–Trinajstić information content (AvgIpc) is 3.05. The molecule has 0 aromatic carbocycles. The van der Waals surface area contributed by atoms with Gasteiger partial charge in [-0.3, -0.25) is 0 Å². The van der Waals surface area contributed by atoms with Crippen molar-refractivity contribution in [3.63, 3.8) is 0 Å². The molecule has 1 unspecified atom stereocenters. The second kappa shape index (κ2) is 17.0. The molecule has 0 saturated carbocycles. The fourth-order valence-corrected chi connectivity index (χ4v) is 2.41. The van der Waals surface area contributed by atoms with Crippen molar-refractivity contribution < 1.29 is 14.3 Å². The first kappa shape index (κ1) is 29.3. The van der Waals surface area contributed by atoms with Crippen LogP contribution < -0.4 is 10.7 Å². The van der Waals surface area contributed by atoms with E-state index in [1.807, 2.05) is 58.8 Å². The summed E-state index contributed by atoms with van der Waals surface area (Å²) in [5.41, 5.74) is 6.30. The summed E-state index contributed by atoms with van der Waals surface area (Å²) in [6, 6.07) is -0.437. The molecule has 0 aromatic rings. The van der Waals surface area contributed by atoms with Crippen molar-refractivity contribution >= 4 is 5.97 Å². The second-order valence-electron chi connectivity index (χ2n) is 6.85. The van der Waals surface area contributed by atoms with Crippen LogP contribution >= 0.6 is 0 Å². The third-order valence-electron chi connectivity index (χ3n) is 3.41. The van der Waals surface area contributed by atoms with Gasteiger partial charge in [0.05, 0.1) is 18.9 Å². The number of methoxy groups -OCH3 is 1. The minimum atomic E-state index is -0.437. The molecule has 0 radical (unpaired) electrons.